The summed E-state index contributed by atoms with van der Waals surface area (Å²) >= 11 is 1.57. The number of carbonyl (C=O) groups is 1. The molecule has 0 radical (unpaired) electrons. The molecule has 0 aliphatic carbocycles. The average molecular weight is 199 g/mol. The Morgan fingerprint density at radius 2 is 2.54 bits per heavy atom. The fraction of sp³-hybridized carbons (Fsp3) is 0.444. The van der Waals surface area contributed by atoms with Gasteiger partial charge < -0.3 is 10.5 Å². The highest BCUT2D eigenvalue weighted by atomic mass is 32.1. The van der Waals surface area contributed by atoms with E-state index >= 15 is 0 Å². The molecule has 1 aromatic heterocycles. The maximum Gasteiger partial charge on any atom is 0.323 e. The van der Waals surface area contributed by atoms with Crippen LogP contribution in [0.15, 0.2) is 17.5 Å². The Balaban J connectivity index is 2.31. The molecule has 0 aromatic carbocycles. The van der Waals surface area contributed by atoms with Crippen LogP contribution in [0.25, 0.3) is 0 Å². The first-order valence-corrected chi connectivity index (χ1v) is 5.06. The maximum absolute atomic E-state index is 11.1. The minimum atomic E-state index is -0.486. The lowest BCUT2D eigenvalue weighted by Crippen LogP contribution is -2.31. The molecule has 2 N–H and O–H groups in total. The van der Waals surface area contributed by atoms with Gasteiger partial charge in [-0.25, -0.2) is 0 Å². The van der Waals surface area contributed by atoms with Crippen molar-refractivity contribution in [1.29, 1.82) is 0 Å². The number of ether oxygens (including phenoxy) is 1. The molecule has 4 heteroatoms. The number of nitrogens with two attached hydrogens (primary N) is 1. The molecule has 0 amide bonds. The summed E-state index contributed by atoms with van der Waals surface area (Å²) in [6.45, 7) is 2.20. The average Bonchev–Trinajstić information content (AvgIpc) is 2.65. The normalized spacial score (nSPS) is 12.5. The van der Waals surface area contributed by atoms with Gasteiger partial charge in [-0.3, -0.25) is 4.79 Å². The van der Waals surface area contributed by atoms with Crippen LogP contribution in [0.4, 0.5) is 0 Å². The Labute approximate surface area is 81.5 Å². The van der Waals surface area contributed by atoms with E-state index in [-0.39, 0.29) is 5.97 Å². The Kier molecular flexibility index (Phi) is 3.92. The van der Waals surface area contributed by atoms with E-state index in [9.17, 15) is 4.79 Å². The highest BCUT2D eigenvalue weighted by Crippen LogP contribution is 2.09. The summed E-state index contributed by atoms with van der Waals surface area (Å²) in [7, 11) is 0. The zero-order valence-electron chi connectivity index (χ0n) is 7.53. The molecule has 0 bridgehead atoms. The molecule has 1 atom stereocenters. The molecule has 0 aliphatic heterocycles. The number of esters is 1. The van der Waals surface area contributed by atoms with Crippen LogP contribution in [0.5, 0.6) is 0 Å². The van der Waals surface area contributed by atoms with Crippen molar-refractivity contribution < 1.29 is 9.53 Å². The van der Waals surface area contributed by atoms with Gasteiger partial charge in [-0.1, -0.05) is 13.0 Å². The lowest BCUT2D eigenvalue weighted by atomic mass is 10.2. The molecule has 0 aliphatic rings. The molecular weight excluding hydrogens is 186 g/mol. The highest BCUT2D eigenvalue weighted by Gasteiger charge is 2.12. The predicted octanol–water partition coefficient (Wildman–Crippen LogP) is 1.53. The Hall–Kier alpha value is -0.870. The van der Waals surface area contributed by atoms with Gasteiger partial charge >= 0.3 is 5.97 Å². The first-order chi connectivity index (χ1) is 6.24. The summed E-state index contributed by atoms with van der Waals surface area (Å²) in [6.07, 6.45) is 0.614. The van der Waals surface area contributed by atoms with E-state index in [0.717, 1.165) is 4.88 Å². The van der Waals surface area contributed by atoms with Gasteiger partial charge in [0.1, 0.15) is 12.6 Å². The van der Waals surface area contributed by atoms with Crippen molar-refractivity contribution in [1.82, 2.24) is 0 Å². The summed E-state index contributed by atoms with van der Waals surface area (Å²) in [5.74, 6) is -0.323. The Morgan fingerprint density at radius 3 is 3.08 bits per heavy atom. The van der Waals surface area contributed by atoms with Crippen molar-refractivity contribution in [3.05, 3.63) is 22.4 Å². The maximum atomic E-state index is 11.1. The lowest BCUT2D eigenvalue weighted by Gasteiger charge is -2.07. The minimum Gasteiger partial charge on any atom is -0.459 e. The van der Waals surface area contributed by atoms with Gasteiger partial charge in [0.2, 0.25) is 0 Å². The monoisotopic (exact) mass is 199 g/mol. The number of thiophene rings is 1. The van der Waals surface area contributed by atoms with Crippen molar-refractivity contribution in [2.75, 3.05) is 0 Å². The molecule has 3 nitrogen and oxygen atoms in total. The van der Waals surface area contributed by atoms with Crippen LogP contribution in [-0.4, -0.2) is 12.0 Å². The second-order valence-electron chi connectivity index (χ2n) is 2.70. The van der Waals surface area contributed by atoms with Gasteiger partial charge in [-0.2, -0.15) is 0 Å². The number of carbonyl (C=O) groups excluding carboxylic acids is 1. The van der Waals surface area contributed by atoms with Crippen molar-refractivity contribution in [3.63, 3.8) is 0 Å². The topological polar surface area (TPSA) is 52.3 Å². The molecule has 0 spiro atoms. The van der Waals surface area contributed by atoms with E-state index in [2.05, 4.69) is 0 Å². The molecule has 0 unspecified atom stereocenters. The smallest absolute Gasteiger partial charge is 0.323 e. The third-order valence-corrected chi connectivity index (χ3v) is 2.53. The molecule has 0 fully saturated rings. The molecule has 0 saturated heterocycles. The molecule has 1 rings (SSSR count). The first-order valence-electron chi connectivity index (χ1n) is 4.18. The molecule has 1 heterocycles. The van der Waals surface area contributed by atoms with Crippen LogP contribution in [0.2, 0.25) is 0 Å². The SMILES string of the molecule is CC[C@H](N)C(=O)OCc1cccs1. The van der Waals surface area contributed by atoms with Gasteiger partial charge in [-0.15, -0.1) is 11.3 Å². The van der Waals surface area contributed by atoms with E-state index in [1.807, 2.05) is 24.4 Å². The molecule has 13 heavy (non-hydrogen) atoms. The second kappa shape index (κ2) is 4.99. The summed E-state index contributed by atoms with van der Waals surface area (Å²) in [6, 6.07) is 3.36. The summed E-state index contributed by atoms with van der Waals surface area (Å²) in [5.41, 5.74) is 5.48. The third-order valence-electron chi connectivity index (χ3n) is 1.68. The van der Waals surface area contributed by atoms with E-state index < -0.39 is 6.04 Å². The highest BCUT2D eigenvalue weighted by molar-refractivity contribution is 7.09. The summed E-state index contributed by atoms with van der Waals surface area (Å²) in [5, 5.41) is 1.95. The predicted molar refractivity (Wildman–Crippen MR) is 52.4 cm³/mol. The van der Waals surface area contributed by atoms with Crippen LogP contribution >= 0.6 is 11.3 Å². The van der Waals surface area contributed by atoms with E-state index in [0.29, 0.717) is 13.0 Å². The van der Waals surface area contributed by atoms with Gasteiger partial charge in [0.05, 0.1) is 0 Å². The van der Waals surface area contributed by atoms with E-state index in [1.165, 1.54) is 0 Å². The third kappa shape index (κ3) is 3.16. The van der Waals surface area contributed by atoms with Crippen LogP contribution in [-0.2, 0) is 16.1 Å². The Morgan fingerprint density at radius 1 is 1.77 bits per heavy atom. The van der Waals surface area contributed by atoms with Crippen molar-refractivity contribution in [2.24, 2.45) is 5.73 Å². The molecule has 0 saturated carbocycles. The Bertz CT molecular complexity index is 259. The fourth-order valence-electron chi connectivity index (χ4n) is 0.811. The standard InChI is InChI=1S/C9H13NO2S/c1-2-8(10)9(11)12-6-7-4-3-5-13-7/h3-5,8H,2,6,10H2,1H3/t8-/m0/s1. The van der Waals surface area contributed by atoms with Crippen LogP contribution in [0, 0.1) is 0 Å². The van der Waals surface area contributed by atoms with Crippen LogP contribution < -0.4 is 5.73 Å². The number of rotatable bonds is 4. The zero-order chi connectivity index (χ0) is 9.68. The van der Waals surface area contributed by atoms with Gasteiger partial charge in [0.15, 0.2) is 0 Å². The summed E-state index contributed by atoms with van der Waals surface area (Å²) < 4.78 is 4.99. The largest absolute Gasteiger partial charge is 0.459 e. The molecule has 1 aromatic rings. The quantitative estimate of drug-likeness (QED) is 0.748. The molecular formula is C9H13NO2S. The van der Waals surface area contributed by atoms with Crippen molar-refractivity contribution in [2.45, 2.75) is 26.0 Å². The van der Waals surface area contributed by atoms with E-state index in [4.69, 9.17) is 10.5 Å². The van der Waals surface area contributed by atoms with Gasteiger partial charge in [-0.05, 0) is 17.9 Å². The number of hydrogen-bond donors (Lipinski definition) is 1. The fourth-order valence-corrected chi connectivity index (χ4v) is 1.43. The second-order valence-corrected chi connectivity index (χ2v) is 3.73. The zero-order valence-corrected chi connectivity index (χ0v) is 8.34. The first kappa shape index (κ1) is 10.2. The van der Waals surface area contributed by atoms with Crippen LogP contribution in [0.1, 0.15) is 18.2 Å². The minimum absolute atomic E-state index is 0.323. The lowest BCUT2D eigenvalue weighted by molar-refractivity contribution is -0.146. The van der Waals surface area contributed by atoms with E-state index in [1.54, 1.807) is 11.3 Å². The molecule has 72 valence electrons. The van der Waals surface area contributed by atoms with Crippen LogP contribution in [0.3, 0.4) is 0 Å². The van der Waals surface area contributed by atoms with Crippen molar-refractivity contribution >= 4 is 17.3 Å². The summed E-state index contributed by atoms with van der Waals surface area (Å²) in [4.78, 5) is 12.2. The van der Waals surface area contributed by atoms with Gasteiger partial charge in [0, 0.05) is 4.88 Å². The van der Waals surface area contributed by atoms with Crippen molar-refractivity contribution in [3.8, 4) is 0 Å². The number of hydrogen-bond acceptors (Lipinski definition) is 4. The van der Waals surface area contributed by atoms with Gasteiger partial charge in [0.25, 0.3) is 0 Å².